The molecule has 6 nitrogen and oxygen atoms in total. The van der Waals surface area contributed by atoms with Gasteiger partial charge in [0.05, 0.1) is 5.69 Å². The zero-order valence-electron chi connectivity index (χ0n) is 14.9. The van der Waals surface area contributed by atoms with Crippen molar-refractivity contribution in [2.45, 2.75) is 45.8 Å². The summed E-state index contributed by atoms with van der Waals surface area (Å²) in [5, 5.41) is 9.88. The van der Waals surface area contributed by atoms with Crippen LogP contribution in [0.25, 0.3) is 0 Å². The minimum Gasteiger partial charge on any atom is -0.361 e. The van der Waals surface area contributed by atoms with Crippen molar-refractivity contribution < 1.29 is 9.32 Å². The Bertz CT molecular complexity index is 671. The maximum atomic E-state index is 12.1. The molecule has 1 aromatic carbocycles. The molecule has 0 aliphatic carbocycles. The van der Waals surface area contributed by atoms with E-state index in [0.29, 0.717) is 6.54 Å². The molecule has 1 saturated heterocycles. The number of benzene rings is 1. The Morgan fingerprint density at radius 2 is 1.96 bits per heavy atom. The average molecular weight is 342 g/mol. The second-order valence-corrected chi connectivity index (χ2v) is 6.67. The van der Waals surface area contributed by atoms with Crippen LogP contribution in [0.4, 0.5) is 4.79 Å². The van der Waals surface area contributed by atoms with Crippen LogP contribution < -0.4 is 10.6 Å². The molecule has 2 aromatic rings. The number of aromatic nitrogens is 1. The van der Waals surface area contributed by atoms with E-state index >= 15 is 0 Å². The summed E-state index contributed by atoms with van der Waals surface area (Å²) < 4.78 is 5.11. The monoisotopic (exact) mass is 342 g/mol. The van der Waals surface area contributed by atoms with Gasteiger partial charge in [0.2, 0.25) is 0 Å². The van der Waals surface area contributed by atoms with Crippen molar-refractivity contribution in [1.82, 2.24) is 20.7 Å². The van der Waals surface area contributed by atoms with E-state index in [4.69, 9.17) is 4.52 Å². The maximum absolute atomic E-state index is 12.1. The van der Waals surface area contributed by atoms with Gasteiger partial charge in [0.25, 0.3) is 0 Å². The minimum absolute atomic E-state index is 0.124. The van der Waals surface area contributed by atoms with Gasteiger partial charge in [-0.05, 0) is 32.3 Å². The number of hydrogen-bond acceptors (Lipinski definition) is 4. The lowest BCUT2D eigenvalue weighted by Crippen LogP contribution is -2.47. The molecule has 0 atom stereocenters. The Morgan fingerprint density at radius 3 is 2.60 bits per heavy atom. The first-order valence-corrected chi connectivity index (χ1v) is 8.84. The molecule has 134 valence electrons. The smallest absolute Gasteiger partial charge is 0.315 e. The first-order chi connectivity index (χ1) is 12.1. The van der Waals surface area contributed by atoms with E-state index in [2.05, 4.69) is 45.0 Å². The number of urea groups is 1. The fraction of sp³-hybridized carbons (Fsp3) is 0.474. The number of hydrogen-bond donors (Lipinski definition) is 2. The first kappa shape index (κ1) is 17.5. The van der Waals surface area contributed by atoms with Crippen LogP contribution in [0.15, 0.2) is 34.9 Å². The summed E-state index contributed by atoms with van der Waals surface area (Å²) in [5.41, 5.74) is 3.12. The van der Waals surface area contributed by atoms with Crippen LogP contribution in [0.2, 0.25) is 0 Å². The van der Waals surface area contributed by atoms with Gasteiger partial charge in [0, 0.05) is 37.8 Å². The Morgan fingerprint density at radius 1 is 1.24 bits per heavy atom. The molecular formula is C19H26N4O2. The highest BCUT2D eigenvalue weighted by Crippen LogP contribution is 2.14. The highest BCUT2D eigenvalue weighted by molar-refractivity contribution is 5.74. The largest absolute Gasteiger partial charge is 0.361 e. The van der Waals surface area contributed by atoms with Gasteiger partial charge >= 0.3 is 6.03 Å². The number of piperidine rings is 1. The third kappa shape index (κ3) is 4.82. The number of rotatable bonds is 5. The second-order valence-electron chi connectivity index (χ2n) is 6.67. The Hall–Kier alpha value is -2.34. The van der Waals surface area contributed by atoms with Crippen LogP contribution in [0.1, 0.15) is 35.4 Å². The van der Waals surface area contributed by atoms with Crippen molar-refractivity contribution in [2.75, 3.05) is 13.1 Å². The molecule has 25 heavy (non-hydrogen) atoms. The number of amides is 2. The number of nitrogens with zero attached hydrogens (tertiary/aromatic N) is 2. The van der Waals surface area contributed by atoms with Crippen molar-refractivity contribution in [3.8, 4) is 0 Å². The molecule has 0 spiro atoms. The summed E-state index contributed by atoms with van der Waals surface area (Å²) in [6.45, 7) is 7.17. The lowest BCUT2D eigenvalue weighted by atomic mass is 10.0. The molecule has 1 aromatic heterocycles. The van der Waals surface area contributed by atoms with Crippen molar-refractivity contribution in [3.63, 3.8) is 0 Å². The molecule has 0 bridgehead atoms. The molecule has 2 heterocycles. The van der Waals surface area contributed by atoms with E-state index in [1.165, 1.54) is 5.56 Å². The predicted molar refractivity (Wildman–Crippen MR) is 96.1 cm³/mol. The van der Waals surface area contributed by atoms with Crippen LogP contribution >= 0.6 is 0 Å². The summed E-state index contributed by atoms with van der Waals surface area (Å²) in [6.07, 6.45) is 1.96. The average Bonchev–Trinajstić information content (AvgIpc) is 2.94. The van der Waals surface area contributed by atoms with Gasteiger partial charge in [-0.15, -0.1) is 0 Å². The van der Waals surface area contributed by atoms with E-state index in [0.717, 1.165) is 49.5 Å². The summed E-state index contributed by atoms with van der Waals surface area (Å²) >= 11 is 0. The van der Waals surface area contributed by atoms with Crippen molar-refractivity contribution in [2.24, 2.45) is 0 Å². The summed E-state index contributed by atoms with van der Waals surface area (Å²) in [6, 6.07) is 10.6. The molecule has 2 N–H and O–H groups in total. The van der Waals surface area contributed by atoms with Gasteiger partial charge in [0.1, 0.15) is 5.76 Å². The highest BCUT2D eigenvalue weighted by atomic mass is 16.5. The van der Waals surface area contributed by atoms with Crippen LogP contribution in [-0.2, 0) is 13.1 Å². The first-order valence-electron chi connectivity index (χ1n) is 8.84. The number of carbonyl (C=O) groups is 1. The van der Waals surface area contributed by atoms with E-state index in [1.807, 2.05) is 19.9 Å². The Balaban J connectivity index is 1.39. The third-order valence-electron chi connectivity index (χ3n) is 4.78. The normalized spacial score (nSPS) is 15.9. The predicted octanol–water partition coefficient (Wildman–Crippen LogP) is 2.76. The van der Waals surface area contributed by atoms with Crippen LogP contribution in [0.3, 0.4) is 0 Å². The Labute approximate surface area is 148 Å². The van der Waals surface area contributed by atoms with Crippen LogP contribution in [0, 0.1) is 13.8 Å². The number of likely N-dealkylation sites (tertiary alicyclic amines) is 1. The number of carbonyl (C=O) groups excluding carboxylic acids is 1. The van der Waals surface area contributed by atoms with Gasteiger partial charge in [-0.2, -0.15) is 0 Å². The standard InChI is InChI=1S/C19H26N4O2/c1-14-18(15(2)25-22-14)12-20-19(24)21-17-8-10-23(11-9-17)13-16-6-4-3-5-7-16/h3-7,17H,8-13H2,1-2H3,(H2,20,21,24). The zero-order chi connectivity index (χ0) is 17.6. The zero-order valence-corrected chi connectivity index (χ0v) is 14.9. The maximum Gasteiger partial charge on any atom is 0.315 e. The summed E-state index contributed by atoms with van der Waals surface area (Å²) in [7, 11) is 0. The topological polar surface area (TPSA) is 70.4 Å². The molecule has 0 radical (unpaired) electrons. The lowest BCUT2D eigenvalue weighted by molar-refractivity contribution is 0.186. The van der Waals surface area contributed by atoms with Gasteiger partial charge < -0.3 is 15.2 Å². The highest BCUT2D eigenvalue weighted by Gasteiger charge is 2.21. The summed E-state index contributed by atoms with van der Waals surface area (Å²) in [4.78, 5) is 14.6. The third-order valence-corrected chi connectivity index (χ3v) is 4.78. The molecular weight excluding hydrogens is 316 g/mol. The summed E-state index contributed by atoms with van der Waals surface area (Å²) in [5.74, 6) is 0.757. The van der Waals surface area contributed by atoms with E-state index < -0.39 is 0 Å². The van der Waals surface area contributed by atoms with Gasteiger partial charge in [-0.25, -0.2) is 4.79 Å². The molecule has 2 amide bonds. The molecule has 1 aliphatic heterocycles. The fourth-order valence-electron chi connectivity index (χ4n) is 3.24. The second kappa shape index (κ2) is 8.16. The van der Waals surface area contributed by atoms with Gasteiger partial charge in [-0.1, -0.05) is 35.5 Å². The van der Waals surface area contributed by atoms with E-state index in [1.54, 1.807) is 0 Å². The van der Waals surface area contributed by atoms with Crippen LogP contribution in [0.5, 0.6) is 0 Å². The van der Waals surface area contributed by atoms with E-state index in [9.17, 15) is 4.79 Å². The van der Waals surface area contributed by atoms with Crippen molar-refractivity contribution >= 4 is 6.03 Å². The molecule has 1 aliphatic rings. The molecule has 0 saturated carbocycles. The van der Waals surface area contributed by atoms with Crippen molar-refractivity contribution in [3.05, 3.63) is 52.9 Å². The van der Waals surface area contributed by atoms with Crippen LogP contribution in [-0.4, -0.2) is 35.2 Å². The van der Waals surface area contributed by atoms with E-state index in [-0.39, 0.29) is 12.1 Å². The molecule has 3 rings (SSSR count). The van der Waals surface area contributed by atoms with Crippen molar-refractivity contribution in [1.29, 1.82) is 0 Å². The fourth-order valence-corrected chi connectivity index (χ4v) is 3.24. The Kier molecular flexibility index (Phi) is 5.71. The molecule has 0 unspecified atom stereocenters. The number of nitrogens with one attached hydrogen (secondary N) is 2. The minimum atomic E-state index is -0.124. The van der Waals surface area contributed by atoms with Gasteiger partial charge in [-0.3, -0.25) is 4.90 Å². The molecule has 1 fully saturated rings. The number of aryl methyl sites for hydroxylation is 2. The quantitative estimate of drug-likeness (QED) is 0.876. The van der Waals surface area contributed by atoms with Gasteiger partial charge in [0.15, 0.2) is 0 Å². The SMILES string of the molecule is Cc1noc(C)c1CNC(=O)NC1CCN(Cc2ccccc2)CC1. The lowest BCUT2D eigenvalue weighted by Gasteiger charge is -2.32. The molecule has 6 heteroatoms.